The predicted octanol–water partition coefficient (Wildman–Crippen LogP) is 4.64. The van der Waals surface area contributed by atoms with E-state index in [9.17, 15) is 4.79 Å². The Morgan fingerprint density at radius 1 is 1.17 bits per heavy atom. The van der Waals surface area contributed by atoms with Crippen LogP contribution < -0.4 is 5.32 Å². The van der Waals surface area contributed by atoms with E-state index in [1.54, 1.807) is 11.6 Å². The van der Waals surface area contributed by atoms with Crippen LogP contribution in [0.3, 0.4) is 0 Å². The summed E-state index contributed by atoms with van der Waals surface area (Å²) >= 11 is 14.7. The number of amides is 1. The van der Waals surface area contributed by atoms with Crippen molar-refractivity contribution in [2.75, 3.05) is 5.32 Å². The van der Waals surface area contributed by atoms with Gasteiger partial charge in [0.25, 0.3) is 5.91 Å². The molecule has 0 bridgehead atoms. The number of nitrogens with zero attached hydrogens (tertiary/aromatic N) is 3. The van der Waals surface area contributed by atoms with Gasteiger partial charge in [0.1, 0.15) is 16.4 Å². The minimum atomic E-state index is -0.428. The van der Waals surface area contributed by atoms with E-state index in [2.05, 4.69) is 20.5 Å². The zero-order chi connectivity index (χ0) is 16.2. The van der Waals surface area contributed by atoms with E-state index >= 15 is 0 Å². The summed E-state index contributed by atoms with van der Waals surface area (Å²) in [7, 11) is 0. The van der Waals surface area contributed by atoms with Crippen LogP contribution in [0.15, 0.2) is 51.1 Å². The van der Waals surface area contributed by atoms with Crippen molar-refractivity contribution in [3.8, 4) is 0 Å². The molecule has 0 aliphatic carbocycles. The van der Waals surface area contributed by atoms with E-state index in [0.717, 1.165) is 9.24 Å². The van der Waals surface area contributed by atoms with Crippen LogP contribution in [0.4, 0.5) is 5.69 Å². The first-order valence-electron chi connectivity index (χ1n) is 6.30. The molecular weight excluding hydrogens is 375 g/mol. The number of halogens is 2. The molecule has 0 saturated heterocycles. The maximum Gasteiger partial charge on any atom is 0.275 e. The highest BCUT2D eigenvalue weighted by molar-refractivity contribution is 8.01. The van der Waals surface area contributed by atoms with Gasteiger partial charge in [0, 0.05) is 4.90 Å². The number of nitrogens with one attached hydrogen (secondary N) is 1. The number of hydrogen-bond acceptors (Lipinski definition) is 6. The van der Waals surface area contributed by atoms with Gasteiger partial charge in [0.15, 0.2) is 4.34 Å². The van der Waals surface area contributed by atoms with E-state index in [4.69, 9.17) is 23.2 Å². The van der Waals surface area contributed by atoms with Crippen LogP contribution in [0.5, 0.6) is 0 Å². The van der Waals surface area contributed by atoms with E-state index < -0.39 is 5.91 Å². The van der Waals surface area contributed by atoms with Crippen molar-refractivity contribution in [2.45, 2.75) is 9.24 Å². The van der Waals surface area contributed by atoms with Gasteiger partial charge in [-0.3, -0.25) is 4.79 Å². The lowest BCUT2D eigenvalue weighted by Gasteiger charge is -2.10. The predicted molar refractivity (Wildman–Crippen MR) is 92.7 cm³/mol. The Morgan fingerprint density at radius 2 is 2.00 bits per heavy atom. The molecule has 0 fully saturated rings. The Labute approximate surface area is 150 Å². The van der Waals surface area contributed by atoms with Crippen molar-refractivity contribution in [2.24, 2.45) is 0 Å². The fourth-order valence-electron chi connectivity index (χ4n) is 1.72. The van der Waals surface area contributed by atoms with Crippen LogP contribution in [0.25, 0.3) is 0 Å². The molecule has 1 aromatic carbocycles. The molecule has 1 amide bonds. The summed E-state index contributed by atoms with van der Waals surface area (Å²) in [6.45, 7) is 0. The number of rotatable bonds is 4. The van der Waals surface area contributed by atoms with E-state index in [0.29, 0.717) is 5.69 Å². The van der Waals surface area contributed by atoms with Gasteiger partial charge in [-0.2, -0.15) is 0 Å². The number of aromatic nitrogens is 3. The third kappa shape index (κ3) is 4.00. The van der Waals surface area contributed by atoms with Gasteiger partial charge in [-0.05, 0) is 24.3 Å². The summed E-state index contributed by atoms with van der Waals surface area (Å²) in [5.41, 5.74) is 2.37. The van der Waals surface area contributed by atoms with Crippen molar-refractivity contribution >= 4 is 57.9 Å². The molecule has 3 aromatic rings. The minimum Gasteiger partial charge on any atom is -0.320 e. The molecule has 0 saturated carbocycles. The second kappa shape index (κ2) is 7.27. The Hall–Kier alpha value is -1.67. The van der Waals surface area contributed by atoms with Gasteiger partial charge in [-0.15, -0.1) is 10.2 Å². The number of anilines is 1. The molecule has 0 aliphatic rings. The van der Waals surface area contributed by atoms with E-state index in [1.807, 2.05) is 18.2 Å². The quantitative estimate of drug-likeness (QED) is 0.665. The highest BCUT2D eigenvalue weighted by Crippen LogP contribution is 2.34. The third-order valence-corrected chi connectivity index (χ3v) is 5.07. The molecule has 116 valence electrons. The summed E-state index contributed by atoms with van der Waals surface area (Å²) in [6, 6.07) is 10.4. The van der Waals surface area contributed by atoms with Gasteiger partial charge >= 0.3 is 0 Å². The Kier molecular flexibility index (Phi) is 5.12. The van der Waals surface area contributed by atoms with Gasteiger partial charge in [0.05, 0.1) is 10.7 Å². The largest absolute Gasteiger partial charge is 0.320 e. The van der Waals surface area contributed by atoms with Crippen molar-refractivity contribution in [1.29, 1.82) is 0 Å². The zero-order valence-corrected chi connectivity index (χ0v) is 14.5. The molecule has 3 rings (SSSR count). The number of carbonyl (C=O) groups is 1. The second-order valence-electron chi connectivity index (χ2n) is 4.22. The molecule has 2 heterocycles. The van der Waals surface area contributed by atoms with Crippen LogP contribution in [-0.2, 0) is 0 Å². The van der Waals surface area contributed by atoms with Crippen molar-refractivity contribution in [3.05, 3.63) is 57.8 Å². The SMILES string of the molecule is O=C(Nc1ccccc1Sc1nncs1)c1nc(Cl)ccc1Cl. The fraction of sp³-hybridized carbons (Fsp3) is 0. The summed E-state index contributed by atoms with van der Waals surface area (Å²) in [4.78, 5) is 17.2. The molecule has 0 unspecified atom stereocenters. The maximum absolute atomic E-state index is 12.4. The molecule has 0 radical (unpaired) electrons. The molecule has 5 nitrogen and oxygen atoms in total. The Morgan fingerprint density at radius 3 is 2.78 bits per heavy atom. The average Bonchev–Trinajstić information content (AvgIpc) is 3.04. The normalized spacial score (nSPS) is 10.5. The number of benzene rings is 1. The second-order valence-corrected chi connectivity index (χ2v) is 7.14. The van der Waals surface area contributed by atoms with Crippen LogP contribution in [0.2, 0.25) is 10.2 Å². The first kappa shape index (κ1) is 16.2. The molecule has 0 aliphatic heterocycles. The third-order valence-electron chi connectivity index (χ3n) is 2.70. The summed E-state index contributed by atoms with van der Waals surface area (Å²) < 4.78 is 0.783. The topological polar surface area (TPSA) is 67.8 Å². The number of carbonyl (C=O) groups excluding carboxylic acids is 1. The van der Waals surface area contributed by atoms with Gasteiger partial charge < -0.3 is 5.32 Å². The summed E-state index contributed by atoms with van der Waals surface area (Å²) in [6.07, 6.45) is 0. The molecular formula is C14H8Cl2N4OS2. The molecule has 0 atom stereocenters. The maximum atomic E-state index is 12.4. The van der Waals surface area contributed by atoms with Crippen LogP contribution in [-0.4, -0.2) is 21.1 Å². The highest BCUT2D eigenvalue weighted by Gasteiger charge is 2.15. The highest BCUT2D eigenvalue weighted by atomic mass is 35.5. The molecule has 9 heteroatoms. The molecule has 2 aromatic heterocycles. The minimum absolute atomic E-state index is 0.0786. The van der Waals surface area contributed by atoms with Gasteiger partial charge in [0.2, 0.25) is 0 Å². The van der Waals surface area contributed by atoms with E-state index in [1.165, 1.54) is 35.2 Å². The van der Waals surface area contributed by atoms with Crippen molar-refractivity contribution < 1.29 is 4.79 Å². The average molecular weight is 383 g/mol. The molecule has 23 heavy (non-hydrogen) atoms. The number of para-hydroxylation sites is 1. The molecule has 1 N–H and O–H groups in total. The number of hydrogen-bond donors (Lipinski definition) is 1. The zero-order valence-electron chi connectivity index (χ0n) is 11.4. The Balaban J connectivity index is 1.85. The van der Waals surface area contributed by atoms with E-state index in [-0.39, 0.29) is 15.9 Å². The lowest BCUT2D eigenvalue weighted by molar-refractivity contribution is 0.102. The van der Waals surface area contributed by atoms with Crippen LogP contribution in [0.1, 0.15) is 10.5 Å². The summed E-state index contributed by atoms with van der Waals surface area (Å²) in [5.74, 6) is -0.428. The van der Waals surface area contributed by atoms with Gasteiger partial charge in [-0.1, -0.05) is 58.4 Å². The molecule has 0 spiro atoms. The first-order valence-corrected chi connectivity index (χ1v) is 8.75. The number of pyridine rings is 1. The smallest absolute Gasteiger partial charge is 0.275 e. The van der Waals surface area contributed by atoms with Crippen LogP contribution >= 0.6 is 46.3 Å². The van der Waals surface area contributed by atoms with Crippen molar-refractivity contribution in [3.63, 3.8) is 0 Å². The summed E-state index contributed by atoms with van der Waals surface area (Å²) in [5, 5.41) is 11.0. The van der Waals surface area contributed by atoms with Gasteiger partial charge in [-0.25, -0.2) is 4.98 Å². The first-order chi connectivity index (χ1) is 11.1. The van der Waals surface area contributed by atoms with Crippen LogP contribution in [0, 0.1) is 0 Å². The lowest BCUT2D eigenvalue weighted by Crippen LogP contribution is -2.15. The lowest BCUT2D eigenvalue weighted by atomic mass is 10.3. The monoisotopic (exact) mass is 382 g/mol. The Bertz CT molecular complexity index is 843. The fourth-order valence-corrected chi connectivity index (χ4v) is 3.58. The standard InChI is InChI=1S/C14H8Cl2N4OS2/c15-8-5-6-11(16)19-12(8)13(21)18-9-3-1-2-4-10(9)23-14-20-17-7-22-14/h1-7H,(H,18,21). The van der Waals surface area contributed by atoms with Crippen molar-refractivity contribution in [1.82, 2.24) is 15.2 Å².